The maximum Gasteiger partial charge on any atom is 0.335 e. The van der Waals surface area contributed by atoms with Gasteiger partial charge in [-0.25, -0.2) is 14.0 Å². The minimum absolute atomic E-state index is 0.192. The largest absolute Gasteiger partial charge is 0.478 e. The van der Waals surface area contributed by atoms with E-state index in [9.17, 15) is 14.0 Å². The van der Waals surface area contributed by atoms with Gasteiger partial charge in [0.05, 0.1) is 18.7 Å². The second-order valence-corrected chi connectivity index (χ2v) is 6.54. The number of amides is 2. The molecule has 0 aliphatic carbocycles. The van der Waals surface area contributed by atoms with Crippen molar-refractivity contribution in [3.63, 3.8) is 0 Å². The van der Waals surface area contributed by atoms with Gasteiger partial charge in [0.15, 0.2) is 0 Å². The van der Waals surface area contributed by atoms with Crippen molar-refractivity contribution < 1.29 is 23.8 Å². The highest BCUT2D eigenvalue weighted by atomic mass is 35.5. The van der Waals surface area contributed by atoms with Gasteiger partial charge in [-0.15, -0.1) is 0 Å². The second kappa shape index (κ2) is 8.37. The number of rotatable bonds is 4. The van der Waals surface area contributed by atoms with E-state index in [-0.39, 0.29) is 23.2 Å². The standard InChI is InChI=1S/C19H18ClFN2O4/c20-16-9-14(21)5-6-15(16)17-11-23(7-8-27-17)19(26)22-10-12-1-3-13(4-2-12)18(24)25/h1-6,9,17H,7-8,10-11H2,(H,22,26)(H,24,25). The van der Waals surface area contributed by atoms with Crippen LogP contribution in [0.3, 0.4) is 0 Å². The van der Waals surface area contributed by atoms with Crippen LogP contribution < -0.4 is 5.32 Å². The number of hydrogen-bond acceptors (Lipinski definition) is 3. The highest BCUT2D eigenvalue weighted by Gasteiger charge is 2.26. The first kappa shape index (κ1) is 19.1. The number of carbonyl (C=O) groups is 2. The highest BCUT2D eigenvalue weighted by molar-refractivity contribution is 6.31. The third-order valence-corrected chi connectivity index (χ3v) is 4.63. The molecule has 1 fully saturated rings. The molecule has 1 aliphatic heterocycles. The van der Waals surface area contributed by atoms with Crippen molar-refractivity contribution in [2.75, 3.05) is 19.7 Å². The molecule has 0 saturated carbocycles. The van der Waals surface area contributed by atoms with E-state index >= 15 is 0 Å². The summed E-state index contributed by atoms with van der Waals surface area (Å²) in [5, 5.41) is 12.0. The van der Waals surface area contributed by atoms with E-state index in [4.69, 9.17) is 21.4 Å². The van der Waals surface area contributed by atoms with Crippen molar-refractivity contribution in [2.24, 2.45) is 0 Å². The van der Waals surface area contributed by atoms with Crippen molar-refractivity contribution in [3.8, 4) is 0 Å². The lowest BCUT2D eigenvalue weighted by molar-refractivity contribution is -0.0154. The molecule has 2 aromatic carbocycles. The average molecular weight is 393 g/mol. The molecule has 6 nitrogen and oxygen atoms in total. The molecule has 1 unspecified atom stereocenters. The van der Waals surface area contributed by atoms with Crippen LogP contribution in [0.4, 0.5) is 9.18 Å². The van der Waals surface area contributed by atoms with Crippen LogP contribution in [0, 0.1) is 5.82 Å². The van der Waals surface area contributed by atoms with E-state index in [1.807, 2.05) is 0 Å². The first-order valence-electron chi connectivity index (χ1n) is 8.35. The van der Waals surface area contributed by atoms with E-state index < -0.39 is 17.9 Å². The number of aromatic carboxylic acids is 1. The Labute approximate surface area is 160 Å². The molecule has 1 saturated heterocycles. The predicted octanol–water partition coefficient (Wildman–Crippen LogP) is 3.46. The number of benzene rings is 2. The number of nitrogens with zero attached hydrogens (tertiary/aromatic N) is 1. The molecule has 2 N–H and O–H groups in total. The molecule has 2 aromatic rings. The van der Waals surface area contributed by atoms with Crippen molar-refractivity contribution in [3.05, 3.63) is 70.0 Å². The van der Waals surface area contributed by atoms with Gasteiger partial charge in [-0.05, 0) is 29.8 Å². The van der Waals surface area contributed by atoms with Gasteiger partial charge < -0.3 is 20.1 Å². The summed E-state index contributed by atoms with van der Waals surface area (Å²) in [4.78, 5) is 24.9. The van der Waals surface area contributed by atoms with Crippen molar-refractivity contribution in [1.29, 1.82) is 0 Å². The molecule has 3 rings (SSSR count). The summed E-state index contributed by atoms with van der Waals surface area (Å²) in [5.74, 6) is -1.42. The molecule has 142 valence electrons. The van der Waals surface area contributed by atoms with Crippen LogP contribution in [0.2, 0.25) is 5.02 Å². The molecule has 8 heteroatoms. The summed E-state index contributed by atoms with van der Waals surface area (Å²) < 4.78 is 18.9. The molecule has 1 heterocycles. The summed E-state index contributed by atoms with van der Waals surface area (Å²) in [6.07, 6.45) is -0.424. The zero-order valence-electron chi connectivity index (χ0n) is 14.3. The lowest BCUT2D eigenvalue weighted by Crippen LogP contribution is -2.47. The second-order valence-electron chi connectivity index (χ2n) is 6.13. The number of hydrogen-bond donors (Lipinski definition) is 2. The van der Waals surface area contributed by atoms with E-state index in [1.54, 1.807) is 23.1 Å². The molecule has 2 amide bonds. The van der Waals surface area contributed by atoms with Crippen molar-refractivity contribution in [1.82, 2.24) is 10.2 Å². The Bertz CT molecular complexity index is 844. The van der Waals surface area contributed by atoms with Crippen molar-refractivity contribution in [2.45, 2.75) is 12.6 Å². The van der Waals surface area contributed by atoms with Gasteiger partial charge in [0.25, 0.3) is 0 Å². The first-order chi connectivity index (χ1) is 12.9. The van der Waals surface area contributed by atoms with E-state index in [2.05, 4.69) is 5.32 Å². The Kier molecular flexibility index (Phi) is 5.93. The lowest BCUT2D eigenvalue weighted by Gasteiger charge is -2.33. The van der Waals surface area contributed by atoms with E-state index in [0.717, 1.165) is 5.56 Å². The smallest absolute Gasteiger partial charge is 0.335 e. The third-order valence-electron chi connectivity index (χ3n) is 4.31. The lowest BCUT2D eigenvalue weighted by atomic mass is 10.1. The summed E-state index contributed by atoms with van der Waals surface area (Å²) >= 11 is 6.09. The van der Waals surface area contributed by atoms with Gasteiger partial charge in [0.2, 0.25) is 0 Å². The normalized spacial score (nSPS) is 16.8. The number of nitrogens with one attached hydrogen (secondary N) is 1. The molecule has 0 bridgehead atoms. The van der Waals surface area contributed by atoms with Crippen LogP contribution >= 0.6 is 11.6 Å². The topological polar surface area (TPSA) is 78.9 Å². The van der Waals surface area contributed by atoms with Gasteiger partial charge >= 0.3 is 12.0 Å². The average Bonchev–Trinajstić information content (AvgIpc) is 2.66. The fraction of sp³-hybridized carbons (Fsp3) is 0.263. The number of ether oxygens (including phenoxy) is 1. The maximum atomic E-state index is 13.2. The zero-order chi connectivity index (χ0) is 19.4. The number of urea groups is 1. The molecule has 1 atom stereocenters. The summed E-state index contributed by atoms with van der Waals surface area (Å²) in [6, 6.07) is 10.1. The Morgan fingerprint density at radius 3 is 2.67 bits per heavy atom. The highest BCUT2D eigenvalue weighted by Crippen LogP contribution is 2.29. The Morgan fingerprint density at radius 2 is 2.00 bits per heavy atom. The minimum atomic E-state index is -0.996. The van der Waals surface area contributed by atoms with Crippen LogP contribution in [0.5, 0.6) is 0 Å². The molecule has 0 aromatic heterocycles. The molecule has 1 aliphatic rings. The van der Waals surface area contributed by atoms with E-state index in [0.29, 0.717) is 25.3 Å². The van der Waals surface area contributed by atoms with Gasteiger partial charge in [0.1, 0.15) is 11.9 Å². The van der Waals surface area contributed by atoms with Crippen molar-refractivity contribution >= 4 is 23.6 Å². The van der Waals surface area contributed by atoms with Crippen LogP contribution in [-0.2, 0) is 11.3 Å². The number of carbonyl (C=O) groups excluding carboxylic acids is 1. The number of carboxylic acids is 1. The zero-order valence-corrected chi connectivity index (χ0v) is 15.1. The van der Waals surface area contributed by atoms with Gasteiger partial charge in [0, 0.05) is 23.7 Å². The molecular formula is C19H18ClFN2O4. The van der Waals surface area contributed by atoms with Crippen LogP contribution in [-0.4, -0.2) is 41.7 Å². The number of halogens is 2. The Balaban J connectivity index is 1.58. The fourth-order valence-corrected chi connectivity index (χ4v) is 3.13. The quantitative estimate of drug-likeness (QED) is 0.835. The summed E-state index contributed by atoms with van der Waals surface area (Å²) in [7, 11) is 0. The fourth-order valence-electron chi connectivity index (χ4n) is 2.84. The van der Waals surface area contributed by atoms with E-state index in [1.165, 1.54) is 24.3 Å². The predicted molar refractivity (Wildman–Crippen MR) is 97.3 cm³/mol. The number of carboxylic acid groups (broad SMARTS) is 1. The third kappa shape index (κ3) is 4.75. The molecule has 0 radical (unpaired) electrons. The molecule has 27 heavy (non-hydrogen) atoms. The Hall–Kier alpha value is -2.64. The SMILES string of the molecule is O=C(O)c1ccc(CNC(=O)N2CCOC(c3ccc(F)cc3Cl)C2)cc1. The minimum Gasteiger partial charge on any atom is -0.478 e. The summed E-state index contributed by atoms with van der Waals surface area (Å²) in [6.45, 7) is 1.35. The van der Waals surface area contributed by atoms with Gasteiger partial charge in [-0.2, -0.15) is 0 Å². The maximum absolute atomic E-state index is 13.2. The summed E-state index contributed by atoms with van der Waals surface area (Å²) in [5.41, 5.74) is 1.62. The number of morpholine rings is 1. The Morgan fingerprint density at radius 1 is 1.26 bits per heavy atom. The van der Waals surface area contributed by atoms with Crippen LogP contribution in [0.15, 0.2) is 42.5 Å². The molecular weight excluding hydrogens is 375 g/mol. The van der Waals surface area contributed by atoms with Crippen LogP contribution in [0.1, 0.15) is 27.6 Å². The van der Waals surface area contributed by atoms with Crippen LogP contribution in [0.25, 0.3) is 0 Å². The van der Waals surface area contributed by atoms with Gasteiger partial charge in [-0.1, -0.05) is 29.8 Å². The molecule has 0 spiro atoms. The first-order valence-corrected chi connectivity index (χ1v) is 8.73. The monoisotopic (exact) mass is 392 g/mol. The van der Waals surface area contributed by atoms with Gasteiger partial charge in [-0.3, -0.25) is 0 Å².